The normalized spacial score (nSPS) is 15.5. The quantitative estimate of drug-likeness (QED) is 0.335. The van der Waals surface area contributed by atoms with Crippen LogP contribution in [0.2, 0.25) is 4.34 Å². The Hall–Kier alpha value is -2.30. The van der Waals surface area contributed by atoms with Crippen molar-refractivity contribution in [3.8, 4) is 11.1 Å². The molecule has 0 aliphatic carbocycles. The topological polar surface area (TPSA) is 79.4 Å². The monoisotopic (exact) mass is 545 g/mol. The summed E-state index contributed by atoms with van der Waals surface area (Å²) >= 11 is 8.53. The molecule has 3 heterocycles. The van der Waals surface area contributed by atoms with Gasteiger partial charge in [-0.25, -0.2) is 13.4 Å². The molecule has 1 aliphatic rings. The van der Waals surface area contributed by atoms with Gasteiger partial charge in [-0.1, -0.05) is 48.0 Å². The van der Waals surface area contributed by atoms with Gasteiger partial charge in [0.1, 0.15) is 9.22 Å². The van der Waals surface area contributed by atoms with Crippen LogP contribution in [0, 0.1) is 5.92 Å². The van der Waals surface area contributed by atoms with Crippen LogP contribution in [0.3, 0.4) is 0 Å². The molecule has 6 nitrogen and oxygen atoms in total. The van der Waals surface area contributed by atoms with Crippen LogP contribution in [0.25, 0.3) is 21.3 Å². The van der Waals surface area contributed by atoms with Crippen LogP contribution in [-0.2, 0) is 21.2 Å². The summed E-state index contributed by atoms with van der Waals surface area (Å²) in [6, 6.07) is 19.5. The van der Waals surface area contributed by atoms with E-state index in [4.69, 9.17) is 11.6 Å². The fraction of sp³-hybridized carbons (Fsp3) is 0.280. The molecule has 1 N–H and O–H groups in total. The lowest BCUT2D eigenvalue weighted by molar-refractivity contribution is -0.120. The van der Waals surface area contributed by atoms with Crippen LogP contribution in [0.15, 0.2) is 64.9 Å². The van der Waals surface area contributed by atoms with E-state index >= 15 is 0 Å². The number of fused-ring (bicyclic) bond motifs is 1. The highest BCUT2D eigenvalue weighted by atomic mass is 35.5. The smallest absolute Gasteiger partial charge is 0.252 e. The predicted octanol–water partition coefficient (Wildman–Crippen LogP) is 5.44. The Morgan fingerprint density at radius 1 is 1.03 bits per heavy atom. The maximum absolute atomic E-state index is 12.8. The van der Waals surface area contributed by atoms with Crippen molar-refractivity contribution < 1.29 is 13.2 Å². The number of carbonyl (C=O) groups excluding carboxylic acids is 1. The molecule has 10 heteroatoms. The zero-order valence-corrected chi connectivity index (χ0v) is 22.0. The first-order chi connectivity index (χ1) is 16.9. The molecule has 0 saturated carbocycles. The van der Waals surface area contributed by atoms with Crippen LogP contribution < -0.4 is 5.32 Å². The van der Waals surface area contributed by atoms with Crippen molar-refractivity contribution in [1.29, 1.82) is 0 Å². The van der Waals surface area contributed by atoms with Gasteiger partial charge >= 0.3 is 0 Å². The summed E-state index contributed by atoms with van der Waals surface area (Å²) in [5, 5.41) is 3.81. The highest BCUT2D eigenvalue weighted by Crippen LogP contribution is 2.31. The minimum atomic E-state index is -3.50. The first-order valence-electron chi connectivity index (χ1n) is 11.4. The fourth-order valence-corrected chi connectivity index (χ4v) is 8.35. The predicted molar refractivity (Wildman–Crippen MR) is 143 cm³/mol. The van der Waals surface area contributed by atoms with Gasteiger partial charge < -0.3 is 5.32 Å². The Bertz CT molecular complexity index is 1440. The number of sulfonamides is 1. The molecule has 35 heavy (non-hydrogen) atoms. The van der Waals surface area contributed by atoms with E-state index in [1.54, 1.807) is 23.5 Å². The van der Waals surface area contributed by atoms with E-state index in [-0.39, 0.29) is 22.5 Å². The van der Waals surface area contributed by atoms with Crippen molar-refractivity contribution >= 4 is 60.4 Å². The molecule has 182 valence electrons. The Morgan fingerprint density at radius 3 is 2.51 bits per heavy atom. The van der Waals surface area contributed by atoms with Gasteiger partial charge in [0.15, 0.2) is 0 Å². The molecule has 4 aromatic rings. The lowest BCUT2D eigenvalue weighted by Crippen LogP contribution is -2.41. The Morgan fingerprint density at radius 2 is 1.80 bits per heavy atom. The van der Waals surface area contributed by atoms with Gasteiger partial charge in [0, 0.05) is 19.6 Å². The summed E-state index contributed by atoms with van der Waals surface area (Å²) in [6.07, 6.45) is 1.66. The molecule has 2 aromatic heterocycles. The number of benzene rings is 2. The van der Waals surface area contributed by atoms with E-state index in [0.29, 0.717) is 36.8 Å². The third kappa shape index (κ3) is 5.59. The van der Waals surface area contributed by atoms with E-state index in [0.717, 1.165) is 37.7 Å². The van der Waals surface area contributed by atoms with E-state index in [1.165, 1.54) is 4.31 Å². The molecule has 1 fully saturated rings. The zero-order chi connectivity index (χ0) is 24.4. The van der Waals surface area contributed by atoms with Crippen molar-refractivity contribution in [1.82, 2.24) is 14.6 Å². The summed E-state index contributed by atoms with van der Waals surface area (Å²) in [6.45, 7) is 1.43. The minimum absolute atomic E-state index is 0.0596. The van der Waals surface area contributed by atoms with Crippen molar-refractivity contribution in [3.05, 3.63) is 70.0 Å². The highest BCUT2D eigenvalue weighted by Gasteiger charge is 2.30. The average molecular weight is 546 g/mol. The van der Waals surface area contributed by atoms with E-state index in [9.17, 15) is 13.2 Å². The number of aromatic nitrogens is 1. The third-order valence-corrected chi connectivity index (χ3v) is 10.8. The van der Waals surface area contributed by atoms with Crippen molar-refractivity contribution in [2.24, 2.45) is 5.92 Å². The summed E-state index contributed by atoms with van der Waals surface area (Å²) in [5.41, 5.74) is 3.19. The van der Waals surface area contributed by atoms with Gasteiger partial charge in [-0.15, -0.1) is 22.7 Å². The van der Waals surface area contributed by atoms with Crippen molar-refractivity contribution in [2.75, 3.05) is 19.6 Å². The largest absolute Gasteiger partial charge is 0.355 e. The van der Waals surface area contributed by atoms with Crippen molar-refractivity contribution in [2.45, 2.75) is 23.5 Å². The van der Waals surface area contributed by atoms with Crippen molar-refractivity contribution in [3.63, 3.8) is 0 Å². The molecule has 2 aromatic carbocycles. The van der Waals surface area contributed by atoms with E-state index < -0.39 is 10.0 Å². The number of halogens is 1. The van der Waals surface area contributed by atoms with Crippen LogP contribution >= 0.6 is 34.3 Å². The first-order valence-corrected chi connectivity index (χ1v) is 14.8. The number of thiazole rings is 1. The number of piperidine rings is 1. The van der Waals surface area contributed by atoms with Gasteiger partial charge in [0.2, 0.25) is 5.91 Å². The second kappa shape index (κ2) is 10.4. The second-order valence-corrected chi connectivity index (χ2v) is 13.5. The number of hydrogen-bond acceptors (Lipinski definition) is 6. The fourth-order valence-electron chi connectivity index (χ4n) is 4.23. The van der Waals surface area contributed by atoms with E-state index in [2.05, 4.69) is 34.6 Å². The summed E-state index contributed by atoms with van der Waals surface area (Å²) in [4.78, 5) is 17.2. The maximum Gasteiger partial charge on any atom is 0.252 e. The molecule has 1 amide bonds. The zero-order valence-electron chi connectivity index (χ0n) is 18.8. The van der Waals surface area contributed by atoms with Gasteiger partial charge in [-0.3, -0.25) is 4.79 Å². The van der Waals surface area contributed by atoms with Gasteiger partial charge in [0.05, 0.1) is 21.0 Å². The van der Waals surface area contributed by atoms with Gasteiger partial charge in [0.25, 0.3) is 10.0 Å². The number of amides is 1. The standard InChI is InChI=1S/C25H24ClN3O3S3/c26-22-8-9-25(34-22)35(31,32)29-12-10-17(11-13-29)16-27-23(30)15-24-28-20-7-6-19(14-21(20)33-24)18-4-2-1-3-5-18/h1-9,14,17H,10-13,15-16H2,(H,27,30). The summed E-state index contributed by atoms with van der Waals surface area (Å²) in [7, 11) is -3.50. The van der Waals surface area contributed by atoms with Gasteiger partial charge in [-0.05, 0) is 54.2 Å². The highest BCUT2D eigenvalue weighted by molar-refractivity contribution is 7.91. The minimum Gasteiger partial charge on any atom is -0.355 e. The number of nitrogens with one attached hydrogen (secondary N) is 1. The maximum atomic E-state index is 12.8. The molecular formula is C25H24ClN3O3S3. The average Bonchev–Trinajstić information content (AvgIpc) is 3.49. The molecule has 0 radical (unpaired) electrons. The van der Waals surface area contributed by atoms with Crippen LogP contribution in [-0.4, -0.2) is 43.2 Å². The van der Waals surface area contributed by atoms with Crippen LogP contribution in [0.1, 0.15) is 17.8 Å². The van der Waals surface area contributed by atoms with Crippen LogP contribution in [0.5, 0.6) is 0 Å². The molecule has 0 atom stereocenters. The molecule has 1 saturated heterocycles. The number of thiophene rings is 1. The molecule has 1 aliphatic heterocycles. The molecule has 5 rings (SSSR count). The first kappa shape index (κ1) is 24.4. The number of hydrogen-bond donors (Lipinski definition) is 1. The summed E-state index contributed by atoms with van der Waals surface area (Å²) < 4.78 is 28.8. The van der Waals surface area contributed by atoms with Gasteiger partial charge in [-0.2, -0.15) is 4.31 Å². The molecule has 0 unspecified atom stereocenters. The molecular weight excluding hydrogens is 522 g/mol. The Labute approximate surface area is 217 Å². The van der Waals surface area contributed by atoms with E-state index in [1.807, 2.05) is 24.3 Å². The lowest BCUT2D eigenvalue weighted by atomic mass is 9.98. The Kier molecular flexibility index (Phi) is 7.22. The number of nitrogens with zero attached hydrogens (tertiary/aromatic N) is 2. The number of carbonyl (C=O) groups is 1. The SMILES string of the molecule is O=C(Cc1nc2ccc(-c3ccccc3)cc2s1)NCC1CCN(S(=O)(=O)c2ccc(Cl)s2)CC1. The van der Waals surface area contributed by atoms with Crippen LogP contribution in [0.4, 0.5) is 0 Å². The second-order valence-electron chi connectivity index (χ2n) is 8.54. The lowest BCUT2D eigenvalue weighted by Gasteiger charge is -2.30. The third-order valence-electron chi connectivity index (χ3n) is 6.16. The molecule has 0 spiro atoms. The Balaban J connectivity index is 1.13. The molecule has 0 bridgehead atoms. The summed E-state index contributed by atoms with van der Waals surface area (Å²) in [5.74, 6) is 0.191. The number of rotatable bonds is 7.